The fourth-order valence-electron chi connectivity index (χ4n) is 4.08. The second-order valence-corrected chi connectivity index (χ2v) is 10.3. The number of ether oxygens (including phenoxy) is 1. The summed E-state index contributed by atoms with van der Waals surface area (Å²) in [5, 5.41) is 7.60. The largest absolute Gasteiger partial charge is 0.444 e. The zero-order chi connectivity index (χ0) is 23.6. The van der Waals surface area contributed by atoms with Gasteiger partial charge in [-0.3, -0.25) is 4.98 Å². The third-order valence-corrected chi connectivity index (χ3v) is 6.12. The third kappa shape index (κ3) is 5.76. The normalized spacial score (nSPS) is 16.6. The summed E-state index contributed by atoms with van der Waals surface area (Å²) in [6, 6.07) is 4.11. The van der Waals surface area contributed by atoms with Crippen molar-refractivity contribution in [3.63, 3.8) is 0 Å². The number of pyridine rings is 2. The number of aromatic amines is 1. The average molecular weight is 515 g/mol. The Morgan fingerprint density at radius 3 is 2.85 bits per heavy atom. The van der Waals surface area contributed by atoms with Crippen molar-refractivity contribution in [2.45, 2.75) is 58.7 Å². The molecule has 1 saturated heterocycles. The first-order chi connectivity index (χ1) is 15.7. The van der Waals surface area contributed by atoms with Gasteiger partial charge in [-0.2, -0.15) is 0 Å². The predicted octanol–water partition coefficient (Wildman–Crippen LogP) is 5.13. The number of amides is 1. The van der Waals surface area contributed by atoms with E-state index in [-0.39, 0.29) is 12.1 Å². The molecule has 3 aromatic rings. The number of nitrogens with one attached hydrogen (secondary N) is 3. The number of hydrogen-bond donors (Lipinski definition) is 3. The molecule has 1 fully saturated rings. The molecule has 0 unspecified atom stereocenters. The van der Waals surface area contributed by atoms with E-state index in [1.807, 2.05) is 52.4 Å². The molecule has 3 aromatic heterocycles. The van der Waals surface area contributed by atoms with Gasteiger partial charge in [-0.1, -0.05) is 6.07 Å². The van der Waals surface area contributed by atoms with Crippen LogP contribution in [0.5, 0.6) is 0 Å². The van der Waals surface area contributed by atoms with Crippen LogP contribution in [0.4, 0.5) is 16.2 Å². The number of halogens is 1. The Balaban J connectivity index is 1.55. The van der Waals surface area contributed by atoms with E-state index < -0.39 is 5.60 Å². The molecule has 0 radical (unpaired) electrons. The molecule has 0 aromatic carbocycles. The maximum Gasteiger partial charge on any atom is 0.407 e. The Hall–Kier alpha value is -2.81. The molecule has 176 valence electrons. The Kier molecular flexibility index (Phi) is 6.78. The Morgan fingerprint density at radius 1 is 1.30 bits per heavy atom. The molecule has 8 nitrogen and oxygen atoms in total. The summed E-state index contributed by atoms with van der Waals surface area (Å²) in [7, 11) is 0. The first kappa shape index (κ1) is 23.4. The smallest absolute Gasteiger partial charge is 0.407 e. The highest BCUT2D eigenvalue weighted by molar-refractivity contribution is 9.10. The van der Waals surface area contributed by atoms with Crippen molar-refractivity contribution >= 4 is 44.4 Å². The van der Waals surface area contributed by atoms with E-state index in [1.165, 1.54) is 0 Å². The van der Waals surface area contributed by atoms with Gasteiger partial charge in [0.1, 0.15) is 11.2 Å². The van der Waals surface area contributed by atoms with E-state index >= 15 is 0 Å². The van der Waals surface area contributed by atoms with Crippen LogP contribution < -0.4 is 15.5 Å². The van der Waals surface area contributed by atoms with E-state index in [4.69, 9.17) is 4.74 Å². The van der Waals surface area contributed by atoms with Gasteiger partial charge < -0.3 is 25.3 Å². The minimum atomic E-state index is -0.516. The Labute approximate surface area is 202 Å². The number of alkyl carbamates (subject to hydrolysis) is 1. The SMILES string of the molecule is Cc1ccc(CNc2c[nH]c3ncc(Br)c(N4CCC[C@@H](NC(=O)OC(C)(C)C)C4)c23)cn1. The zero-order valence-corrected chi connectivity index (χ0v) is 21.1. The lowest BCUT2D eigenvalue weighted by atomic mass is 10.0. The maximum absolute atomic E-state index is 12.3. The molecule has 9 heteroatoms. The topological polar surface area (TPSA) is 95.2 Å². The molecule has 1 aliphatic heterocycles. The second-order valence-electron chi connectivity index (χ2n) is 9.47. The average Bonchev–Trinajstić information content (AvgIpc) is 3.15. The number of aromatic nitrogens is 3. The van der Waals surface area contributed by atoms with Crippen LogP contribution in [0.1, 0.15) is 44.9 Å². The molecular formula is C24H31BrN6O2. The molecular weight excluding hydrogens is 484 g/mol. The van der Waals surface area contributed by atoms with Crippen molar-refractivity contribution in [1.82, 2.24) is 20.3 Å². The summed E-state index contributed by atoms with van der Waals surface area (Å²) >= 11 is 3.72. The number of H-pyrrole nitrogens is 1. The predicted molar refractivity (Wildman–Crippen MR) is 135 cm³/mol. The van der Waals surface area contributed by atoms with Crippen molar-refractivity contribution in [1.29, 1.82) is 0 Å². The van der Waals surface area contributed by atoms with E-state index in [2.05, 4.69) is 52.5 Å². The van der Waals surface area contributed by atoms with Crippen molar-refractivity contribution in [2.24, 2.45) is 0 Å². The van der Waals surface area contributed by atoms with Gasteiger partial charge in [-0.05, 0) is 68.1 Å². The van der Waals surface area contributed by atoms with Gasteiger partial charge in [0.2, 0.25) is 0 Å². The van der Waals surface area contributed by atoms with Gasteiger partial charge in [-0.15, -0.1) is 0 Å². The van der Waals surface area contributed by atoms with Gasteiger partial charge in [0.05, 0.1) is 21.2 Å². The zero-order valence-electron chi connectivity index (χ0n) is 19.5. The minimum absolute atomic E-state index is 0.0118. The number of carbonyl (C=O) groups is 1. The van der Waals surface area contributed by atoms with Crippen molar-refractivity contribution in [2.75, 3.05) is 23.3 Å². The second kappa shape index (κ2) is 9.59. The molecule has 1 atom stereocenters. The fraction of sp³-hybridized carbons (Fsp3) is 0.458. The molecule has 1 aliphatic rings. The standard InChI is InChI=1S/C24H31BrN6O2/c1-15-7-8-16(10-26-15)11-27-19-13-29-22-20(19)21(18(25)12-28-22)31-9-5-6-17(14-31)30-23(32)33-24(2,3)4/h7-8,10,12-13,17,27H,5-6,9,11,14H2,1-4H3,(H,28,29)(H,30,32)/t17-/m1/s1. The van der Waals surface area contributed by atoms with E-state index in [9.17, 15) is 4.79 Å². The number of piperidine rings is 1. The molecule has 4 heterocycles. The Bertz CT molecular complexity index is 1120. The number of fused-ring (bicyclic) bond motifs is 1. The van der Waals surface area contributed by atoms with Gasteiger partial charge in [0.15, 0.2) is 0 Å². The lowest BCUT2D eigenvalue weighted by molar-refractivity contribution is 0.0500. The first-order valence-electron chi connectivity index (χ1n) is 11.2. The van der Waals surface area contributed by atoms with Crippen LogP contribution >= 0.6 is 15.9 Å². The van der Waals surface area contributed by atoms with Crippen LogP contribution in [0.2, 0.25) is 0 Å². The van der Waals surface area contributed by atoms with Gasteiger partial charge >= 0.3 is 6.09 Å². The van der Waals surface area contributed by atoms with Crippen molar-refractivity contribution in [3.8, 4) is 0 Å². The number of rotatable bonds is 5. The molecule has 3 N–H and O–H groups in total. The van der Waals surface area contributed by atoms with Crippen LogP contribution in [-0.4, -0.2) is 45.8 Å². The highest BCUT2D eigenvalue weighted by Crippen LogP contribution is 2.39. The highest BCUT2D eigenvalue weighted by atomic mass is 79.9. The third-order valence-electron chi connectivity index (χ3n) is 5.54. The molecule has 1 amide bonds. The summed E-state index contributed by atoms with van der Waals surface area (Å²) in [5.74, 6) is 0. The lowest BCUT2D eigenvalue weighted by Gasteiger charge is -2.36. The van der Waals surface area contributed by atoms with Gasteiger partial charge in [0.25, 0.3) is 0 Å². The molecule has 0 aliphatic carbocycles. The number of carbonyl (C=O) groups excluding carboxylic acids is 1. The maximum atomic E-state index is 12.3. The number of hydrogen-bond acceptors (Lipinski definition) is 6. The van der Waals surface area contributed by atoms with Gasteiger partial charge in [0, 0.05) is 50.0 Å². The molecule has 0 spiro atoms. The lowest BCUT2D eigenvalue weighted by Crippen LogP contribution is -2.49. The minimum Gasteiger partial charge on any atom is -0.444 e. The summed E-state index contributed by atoms with van der Waals surface area (Å²) in [6.07, 6.45) is 7.19. The summed E-state index contributed by atoms with van der Waals surface area (Å²) in [4.78, 5) is 26.8. The number of nitrogens with zero attached hydrogens (tertiary/aromatic N) is 3. The highest BCUT2D eigenvalue weighted by Gasteiger charge is 2.27. The van der Waals surface area contributed by atoms with E-state index in [0.717, 1.165) is 57.5 Å². The van der Waals surface area contributed by atoms with Gasteiger partial charge in [-0.25, -0.2) is 9.78 Å². The quantitative estimate of drug-likeness (QED) is 0.436. The van der Waals surface area contributed by atoms with E-state index in [0.29, 0.717) is 13.1 Å². The Morgan fingerprint density at radius 2 is 2.12 bits per heavy atom. The summed E-state index contributed by atoms with van der Waals surface area (Å²) < 4.78 is 6.38. The molecule has 0 bridgehead atoms. The number of anilines is 2. The van der Waals surface area contributed by atoms with Crippen molar-refractivity contribution < 1.29 is 9.53 Å². The molecule has 4 rings (SSSR count). The monoisotopic (exact) mass is 514 g/mol. The summed E-state index contributed by atoms with van der Waals surface area (Å²) in [5.41, 5.74) is 4.47. The van der Waals surface area contributed by atoms with Crippen LogP contribution in [0.25, 0.3) is 11.0 Å². The fourth-order valence-corrected chi connectivity index (χ4v) is 4.63. The first-order valence-corrected chi connectivity index (χ1v) is 12.0. The van der Waals surface area contributed by atoms with E-state index in [1.54, 1.807) is 0 Å². The van der Waals surface area contributed by atoms with Crippen LogP contribution in [0.3, 0.4) is 0 Å². The van der Waals surface area contributed by atoms with Crippen LogP contribution in [-0.2, 0) is 11.3 Å². The summed E-state index contributed by atoms with van der Waals surface area (Å²) in [6.45, 7) is 9.86. The molecule has 0 saturated carbocycles. The number of aryl methyl sites for hydroxylation is 1. The molecule has 33 heavy (non-hydrogen) atoms. The van der Waals surface area contributed by atoms with Crippen LogP contribution in [0, 0.1) is 6.92 Å². The van der Waals surface area contributed by atoms with Crippen molar-refractivity contribution in [3.05, 3.63) is 46.5 Å². The van der Waals surface area contributed by atoms with Crippen LogP contribution in [0.15, 0.2) is 35.2 Å².